The molecule has 2 saturated heterocycles. The first kappa shape index (κ1) is 33.2. The van der Waals surface area contributed by atoms with Crippen molar-refractivity contribution in [3.63, 3.8) is 0 Å². The lowest BCUT2D eigenvalue weighted by Gasteiger charge is -2.44. The lowest BCUT2D eigenvalue weighted by molar-refractivity contribution is -0.254. The molecule has 2 aromatic carbocycles. The number of hydrogen-bond donors (Lipinski definition) is 0. The van der Waals surface area contributed by atoms with Crippen molar-refractivity contribution in [2.75, 3.05) is 19.8 Å². The number of ether oxygens (including phenoxy) is 7. The smallest absolute Gasteiger partial charge is 0.303 e. The molecule has 0 aliphatic carbocycles. The summed E-state index contributed by atoms with van der Waals surface area (Å²) in [4.78, 5) is 48.1. The first-order chi connectivity index (χ1) is 21.0. The molecule has 238 valence electrons. The van der Waals surface area contributed by atoms with Gasteiger partial charge in [-0.3, -0.25) is 19.2 Å². The van der Waals surface area contributed by atoms with Gasteiger partial charge >= 0.3 is 23.9 Å². The van der Waals surface area contributed by atoms with Gasteiger partial charge in [0.05, 0.1) is 13.2 Å². The maximum atomic E-state index is 12.2. The molecule has 2 aliphatic heterocycles. The molecular weight excluding hydrogens is 596 g/mol. The third kappa shape index (κ3) is 9.17. The maximum Gasteiger partial charge on any atom is 0.303 e. The zero-order valence-corrected chi connectivity index (χ0v) is 25.9. The van der Waals surface area contributed by atoms with Gasteiger partial charge in [-0.05, 0) is 41.3 Å². The molecule has 2 aliphatic rings. The van der Waals surface area contributed by atoms with E-state index < -0.39 is 54.4 Å². The minimum atomic E-state index is -1.26. The van der Waals surface area contributed by atoms with Crippen LogP contribution < -0.4 is 4.74 Å². The number of benzene rings is 2. The summed E-state index contributed by atoms with van der Waals surface area (Å²) in [6, 6.07) is 13.0. The van der Waals surface area contributed by atoms with Crippen molar-refractivity contribution >= 4 is 35.5 Å². The highest BCUT2D eigenvalue weighted by Gasteiger charge is 2.52. The van der Waals surface area contributed by atoms with E-state index in [0.717, 1.165) is 29.7 Å². The summed E-state index contributed by atoms with van der Waals surface area (Å²) in [6.07, 6.45) is -3.45. The molecular formula is C32H37ClO11. The Morgan fingerprint density at radius 2 is 1.41 bits per heavy atom. The van der Waals surface area contributed by atoms with Crippen LogP contribution in [0.5, 0.6) is 5.75 Å². The lowest BCUT2D eigenvalue weighted by atomic mass is 9.89. The highest BCUT2D eigenvalue weighted by atomic mass is 35.5. The van der Waals surface area contributed by atoms with Gasteiger partial charge in [0.25, 0.3) is 0 Å². The van der Waals surface area contributed by atoms with Crippen LogP contribution in [-0.2, 0) is 54.0 Å². The molecule has 0 N–H and O–H groups in total. The average molecular weight is 633 g/mol. The summed E-state index contributed by atoms with van der Waals surface area (Å²) >= 11 is 6.61. The Morgan fingerprint density at radius 1 is 0.795 bits per heavy atom. The lowest BCUT2D eigenvalue weighted by Crippen LogP contribution is -2.59. The van der Waals surface area contributed by atoms with Crippen molar-refractivity contribution in [3.8, 4) is 5.75 Å². The fourth-order valence-electron chi connectivity index (χ4n) is 5.30. The third-order valence-corrected chi connectivity index (χ3v) is 7.55. The number of carbonyl (C=O) groups is 4. The summed E-state index contributed by atoms with van der Waals surface area (Å²) in [5.74, 6) is -1.87. The molecule has 0 unspecified atom stereocenters. The van der Waals surface area contributed by atoms with E-state index in [4.69, 9.17) is 44.8 Å². The Morgan fingerprint density at radius 3 is 2.02 bits per heavy atom. The van der Waals surface area contributed by atoms with E-state index in [9.17, 15) is 19.2 Å². The Hall–Kier alpha value is -3.67. The number of rotatable bonds is 10. The Kier molecular flexibility index (Phi) is 11.6. The van der Waals surface area contributed by atoms with Gasteiger partial charge in [-0.2, -0.15) is 0 Å². The molecule has 0 radical (unpaired) electrons. The van der Waals surface area contributed by atoms with Crippen LogP contribution in [0.25, 0.3) is 0 Å². The molecule has 0 spiro atoms. The summed E-state index contributed by atoms with van der Waals surface area (Å²) in [5, 5.41) is 0.502. The topological polar surface area (TPSA) is 133 Å². The maximum absolute atomic E-state index is 12.2. The molecule has 2 fully saturated rings. The van der Waals surface area contributed by atoms with Crippen LogP contribution in [0.3, 0.4) is 0 Å². The van der Waals surface area contributed by atoms with Gasteiger partial charge in [0.2, 0.25) is 0 Å². The molecule has 0 saturated carbocycles. The van der Waals surface area contributed by atoms with E-state index in [2.05, 4.69) is 0 Å². The van der Waals surface area contributed by atoms with Crippen molar-refractivity contribution in [1.29, 1.82) is 0 Å². The standard InChI is InChI=1S/C32H37ClO11/c1-18(34)39-17-28-30(40-19(2)35)32(42-21(4)37)31(41-20(3)36)29(44-28)23-7-10-27(33)24(16-23)15-22-5-8-25(9-6-22)43-26-11-13-38-14-12-26/h5-10,16,26,28-32H,11-15,17H2,1-4H3/t28-,29+,30-,31+,32+/m1/s1. The van der Waals surface area contributed by atoms with Crippen molar-refractivity contribution in [2.45, 2.75) is 83.6 Å². The molecule has 12 heteroatoms. The van der Waals surface area contributed by atoms with Gasteiger partial charge in [-0.25, -0.2) is 0 Å². The molecule has 2 aromatic rings. The fraction of sp³-hybridized carbons (Fsp3) is 0.500. The van der Waals surface area contributed by atoms with Crippen LogP contribution in [0.2, 0.25) is 5.02 Å². The molecule has 0 amide bonds. The Labute approximate surface area is 261 Å². The fourth-order valence-corrected chi connectivity index (χ4v) is 5.48. The van der Waals surface area contributed by atoms with Gasteiger partial charge in [-0.15, -0.1) is 0 Å². The number of esters is 4. The molecule has 5 atom stereocenters. The van der Waals surface area contributed by atoms with E-state index >= 15 is 0 Å². The summed E-state index contributed by atoms with van der Waals surface area (Å²) in [7, 11) is 0. The SMILES string of the molecule is CC(=O)OC[C@H]1O[C@@H](c2ccc(Cl)c(Cc3ccc(OC4CCOCC4)cc3)c2)[C@H](OC(C)=O)[C@@H](OC(C)=O)[C@@H]1OC(C)=O. The second-order valence-electron chi connectivity index (χ2n) is 10.7. The van der Waals surface area contributed by atoms with E-state index in [1.165, 1.54) is 27.7 Å². The quantitative estimate of drug-likeness (QED) is 0.274. The van der Waals surface area contributed by atoms with Gasteiger partial charge in [0, 0.05) is 45.6 Å². The largest absolute Gasteiger partial charge is 0.490 e. The van der Waals surface area contributed by atoms with Crippen molar-refractivity contribution in [1.82, 2.24) is 0 Å². The molecule has 4 rings (SSSR count). The van der Waals surface area contributed by atoms with E-state index in [1.807, 2.05) is 30.3 Å². The van der Waals surface area contributed by atoms with Gasteiger partial charge in [-0.1, -0.05) is 35.9 Å². The third-order valence-electron chi connectivity index (χ3n) is 7.18. The molecule has 44 heavy (non-hydrogen) atoms. The van der Waals surface area contributed by atoms with Gasteiger partial charge < -0.3 is 33.2 Å². The highest BCUT2D eigenvalue weighted by molar-refractivity contribution is 6.31. The Bertz CT molecular complexity index is 1320. The number of hydrogen-bond acceptors (Lipinski definition) is 11. The van der Waals surface area contributed by atoms with E-state index in [1.54, 1.807) is 12.1 Å². The zero-order chi connectivity index (χ0) is 31.8. The second kappa shape index (κ2) is 15.4. The normalized spacial score (nSPS) is 23.7. The summed E-state index contributed by atoms with van der Waals surface area (Å²) < 4.78 is 39.6. The van der Waals surface area contributed by atoms with Crippen molar-refractivity contribution < 1.29 is 52.3 Å². The predicted molar refractivity (Wildman–Crippen MR) is 156 cm³/mol. The van der Waals surface area contributed by atoms with Crippen LogP contribution in [0.1, 0.15) is 63.3 Å². The van der Waals surface area contributed by atoms with Gasteiger partial charge in [0.1, 0.15) is 30.7 Å². The highest BCUT2D eigenvalue weighted by Crippen LogP contribution is 2.39. The number of halogens is 1. The predicted octanol–water partition coefficient (Wildman–Crippen LogP) is 4.29. The monoisotopic (exact) mass is 632 g/mol. The minimum Gasteiger partial charge on any atom is -0.490 e. The van der Waals surface area contributed by atoms with Gasteiger partial charge in [0.15, 0.2) is 18.3 Å². The molecule has 0 bridgehead atoms. The second-order valence-corrected chi connectivity index (χ2v) is 11.1. The van der Waals surface area contributed by atoms with Crippen LogP contribution in [0.4, 0.5) is 0 Å². The average Bonchev–Trinajstić information content (AvgIpc) is 2.96. The molecule has 0 aromatic heterocycles. The van der Waals surface area contributed by atoms with Crippen LogP contribution in [-0.4, -0.2) is 74.2 Å². The first-order valence-electron chi connectivity index (χ1n) is 14.4. The summed E-state index contributed by atoms with van der Waals surface area (Å²) in [5.41, 5.74) is 2.29. The van der Waals surface area contributed by atoms with E-state index in [-0.39, 0.29) is 12.7 Å². The summed E-state index contributed by atoms with van der Waals surface area (Å²) in [6.45, 7) is 5.86. The number of carbonyl (C=O) groups excluding carboxylic acids is 4. The van der Waals surface area contributed by atoms with Crippen LogP contribution in [0, 0.1) is 0 Å². The van der Waals surface area contributed by atoms with Crippen molar-refractivity contribution in [3.05, 3.63) is 64.2 Å². The zero-order valence-electron chi connectivity index (χ0n) is 25.1. The van der Waals surface area contributed by atoms with Crippen molar-refractivity contribution in [2.24, 2.45) is 0 Å². The minimum absolute atomic E-state index is 0.127. The van der Waals surface area contributed by atoms with Crippen LogP contribution >= 0.6 is 11.6 Å². The molecule has 2 heterocycles. The van der Waals surface area contributed by atoms with Crippen LogP contribution in [0.15, 0.2) is 42.5 Å². The first-order valence-corrected chi connectivity index (χ1v) is 14.8. The molecule has 11 nitrogen and oxygen atoms in total. The Balaban J connectivity index is 1.63. The van der Waals surface area contributed by atoms with E-state index in [0.29, 0.717) is 30.2 Å².